The van der Waals surface area contributed by atoms with Gasteiger partial charge >= 0.3 is 0 Å². The zero-order valence-corrected chi connectivity index (χ0v) is 9.22. The van der Waals surface area contributed by atoms with Crippen LogP contribution in [-0.2, 0) is 0 Å². The van der Waals surface area contributed by atoms with Gasteiger partial charge < -0.3 is 10.2 Å². The number of rotatable bonds is 2. The molecule has 0 saturated carbocycles. The minimum absolute atomic E-state index is 0.636. The first kappa shape index (κ1) is 11.9. The van der Waals surface area contributed by atoms with Gasteiger partial charge in [0.25, 0.3) is 0 Å². The molecule has 1 atom stereocenters. The van der Waals surface area contributed by atoms with Gasteiger partial charge in [-0.05, 0) is 20.0 Å². The van der Waals surface area contributed by atoms with Crippen LogP contribution in [0.4, 0.5) is 0 Å². The average Bonchev–Trinajstić information content (AvgIpc) is 2.39. The summed E-state index contributed by atoms with van der Waals surface area (Å²) in [6.45, 7) is 10.9. The SMILES string of the molecule is CC.CC(C)NC1CCN(C)C1. The molecule has 2 nitrogen and oxygen atoms in total. The minimum Gasteiger partial charge on any atom is -0.310 e. The second kappa shape index (κ2) is 6.44. The molecule has 0 aromatic rings. The van der Waals surface area contributed by atoms with Crippen LogP contribution >= 0.6 is 0 Å². The van der Waals surface area contributed by atoms with Gasteiger partial charge in [0.1, 0.15) is 0 Å². The normalized spacial score (nSPS) is 24.0. The molecular formula is C10H24N2. The fraction of sp³-hybridized carbons (Fsp3) is 1.00. The van der Waals surface area contributed by atoms with Crippen molar-refractivity contribution >= 4 is 0 Å². The van der Waals surface area contributed by atoms with E-state index in [4.69, 9.17) is 0 Å². The van der Waals surface area contributed by atoms with Gasteiger partial charge in [-0.3, -0.25) is 0 Å². The second-order valence-corrected chi connectivity index (χ2v) is 3.57. The highest BCUT2D eigenvalue weighted by Gasteiger charge is 2.18. The van der Waals surface area contributed by atoms with Gasteiger partial charge in [0.2, 0.25) is 0 Å². The molecule has 0 spiro atoms. The second-order valence-electron chi connectivity index (χ2n) is 3.57. The van der Waals surface area contributed by atoms with Crippen LogP contribution in [0.1, 0.15) is 34.1 Å². The first-order valence-electron chi connectivity index (χ1n) is 5.13. The molecule has 0 bridgehead atoms. The van der Waals surface area contributed by atoms with Gasteiger partial charge in [0.05, 0.1) is 0 Å². The van der Waals surface area contributed by atoms with E-state index in [0.717, 1.165) is 6.04 Å². The van der Waals surface area contributed by atoms with E-state index in [0.29, 0.717) is 6.04 Å². The molecule has 1 aliphatic rings. The number of hydrogen-bond acceptors (Lipinski definition) is 2. The maximum atomic E-state index is 3.53. The van der Waals surface area contributed by atoms with Crippen LogP contribution in [0.3, 0.4) is 0 Å². The summed E-state index contributed by atoms with van der Waals surface area (Å²) in [5, 5.41) is 3.53. The molecule has 1 fully saturated rings. The van der Waals surface area contributed by atoms with Gasteiger partial charge in [-0.1, -0.05) is 27.7 Å². The average molecular weight is 172 g/mol. The van der Waals surface area contributed by atoms with Crippen molar-refractivity contribution in [3.63, 3.8) is 0 Å². The Balaban J connectivity index is 0.000000561. The lowest BCUT2D eigenvalue weighted by atomic mass is 10.2. The smallest absolute Gasteiger partial charge is 0.0209 e. The van der Waals surface area contributed by atoms with Crippen molar-refractivity contribution in [3.8, 4) is 0 Å². The summed E-state index contributed by atoms with van der Waals surface area (Å²) < 4.78 is 0. The van der Waals surface area contributed by atoms with Crippen molar-refractivity contribution in [2.45, 2.75) is 46.2 Å². The van der Waals surface area contributed by atoms with Crippen LogP contribution in [0.25, 0.3) is 0 Å². The van der Waals surface area contributed by atoms with Gasteiger partial charge in [0, 0.05) is 18.6 Å². The van der Waals surface area contributed by atoms with E-state index in [-0.39, 0.29) is 0 Å². The van der Waals surface area contributed by atoms with E-state index in [2.05, 4.69) is 31.1 Å². The quantitative estimate of drug-likeness (QED) is 0.682. The van der Waals surface area contributed by atoms with E-state index in [1.165, 1.54) is 19.5 Å². The fourth-order valence-electron chi connectivity index (χ4n) is 1.54. The van der Waals surface area contributed by atoms with Crippen molar-refractivity contribution in [2.24, 2.45) is 0 Å². The summed E-state index contributed by atoms with van der Waals surface area (Å²) in [5.74, 6) is 0. The molecule has 0 radical (unpaired) electrons. The van der Waals surface area contributed by atoms with Crippen LogP contribution in [-0.4, -0.2) is 37.1 Å². The summed E-state index contributed by atoms with van der Waals surface area (Å²) in [6, 6.07) is 1.38. The van der Waals surface area contributed by atoms with Crippen molar-refractivity contribution in [1.82, 2.24) is 10.2 Å². The minimum atomic E-state index is 0.636. The third kappa shape index (κ3) is 4.73. The summed E-state index contributed by atoms with van der Waals surface area (Å²) in [7, 11) is 2.18. The van der Waals surface area contributed by atoms with Crippen LogP contribution in [0.5, 0.6) is 0 Å². The van der Waals surface area contributed by atoms with Gasteiger partial charge in [-0.2, -0.15) is 0 Å². The largest absolute Gasteiger partial charge is 0.310 e. The lowest BCUT2D eigenvalue weighted by molar-refractivity contribution is 0.389. The highest BCUT2D eigenvalue weighted by atomic mass is 15.2. The van der Waals surface area contributed by atoms with Crippen molar-refractivity contribution in [2.75, 3.05) is 20.1 Å². The Morgan fingerprint density at radius 3 is 2.25 bits per heavy atom. The summed E-state index contributed by atoms with van der Waals surface area (Å²) >= 11 is 0. The fourth-order valence-corrected chi connectivity index (χ4v) is 1.54. The molecular weight excluding hydrogens is 148 g/mol. The molecule has 0 amide bonds. The van der Waals surface area contributed by atoms with Crippen molar-refractivity contribution < 1.29 is 0 Å². The van der Waals surface area contributed by atoms with E-state index in [1.54, 1.807) is 0 Å². The number of likely N-dealkylation sites (N-methyl/N-ethyl adjacent to an activating group) is 1. The monoisotopic (exact) mass is 172 g/mol. The number of hydrogen-bond donors (Lipinski definition) is 1. The molecule has 1 N–H and O–H groups in total. The number of nitrogens with zero attached hydrogens (tertiary/aromatic N) is 1. The topological polar surface area (TPSA) is 15.3 Å². The standard InChI is InChI=1S/C8H18N2.C2H6/c1-7(2)9-8-4-5-10(3)6-8;1-2/h7-9H,4-6H2,1-3H3;1-2H3. The molecule has 1 rings (SSSR count). The van der Waals surface area contributed by atoms with Gasteiger partial charge in [-0.15, -0.1) is 0 Å². The maximum Gasteiger partial charge on any atom is 0.0209 e. The Morgan fingerprint density at radius 1 is 1.33 bits per heavy atom. The highest BCUT2D eigenvalue weighted by Crippen LogP contribution is 2.06. The third-order valence-electron chi connectivity index (χ3n) is 1.96. The van der Waals surface area contributed by atoms with E-state index < -0.39 is 0 Å². The zero-order valence-electron chi connectivity index (χ0n) is 9.22. The lowest BCUT2D eigenvalue weighted by Gasteiger charge is -2.15. The number of nitrogens with one attached hydrogen (secondary N) is 1. The molecule has 2 heteroatoms. The summed E-state index contributed by atoms with van der Waals surface area (Å²) in [5.41, 5.74) is 0. The van der Waals surface area contributed by atoms with Crippen LogP contribution < -0.4 is 5.32 Å². The first-order chi connectivity index (χ1) is 5.68. The molecule has 12 heavy (non-hydrogen) atoms. The Kier molecular flexibility index (Phi) is 6.39. The molecule has 0 aromatic heterocycles. The summed E-state index contributed by atoms with van der Waals surface area (Å²) in [6.07, 6.45) is 1.31. The van der Waals surface area contributed by atoms with E-state index in [9.17, 15) is 0 Å². The van der Waals surface area contributed by atoms with Crippen LogP contribution in [0, 0.1) is 0 Å². The van der Waals surface area contributed by atoms with E-state index >= 15 is 0 Å². The molecule has 1 saturated heterocycles. The van der Waals surface area contributed by atoms with Gasteiger partial charge in [-0.25, -0.2) is 0 Å². The molecule has 74 valence electrons. The Morgan fingerprint density at radius 2 is 1.92 bits per heavy atom. The highest BCUT2D eigenvalue weighted by molar-refractivity contribution is 4.79. The molecule has 1 aliphatic heterocycles. The predicted octanol–water partition coefficient (Wildman–Crippen LogP) is 1.71. The number of likely N-dealkylation sites (tertiary alicyclic amines) is 1. The molecule has 1 unspecified atom stereocenters. The predicted molar refractivity (Wildman–Crippen MR) is 55.5 cm³/mol. The van der Waals surface area contributed by atoms with Gasteiger partial charge in [0.15, 0.2) is 0 Å². The van der Waals surface area contributed by atoms with Crippen LogP contribution in [0.15, 0.2) is 0 Å². The lowest BCUT2D eigenvalue weighted by Crippen LogP contribution is -2.36. The summed E-state index contributed by atoms with van der Waals surface area (Å²) in [4.78, 5) is 2.38. The van der Waals surface area contributed by atoms with Crippen molar-refractivity contribution in [3.05, 3.63) is 0 Å². The molecule has 0 aliphatic carbocycles. The third-order valence-corrected chi connectivity index (χ3v) is 1.96. The first-order valence-corrected chi connectivity index (χ1v) is 5.13. The van der Waals surface area contributed by atoms with E-state index in [1.807, 2.05) is 13.8 Å². The Labute approximate surface area is 77.3 Å². The maximum absolute atomic E-state index is 3.53. The molecule has 1 heterocycles. The molecule has 0 aromatic carbocycles. The Hall–Kier alpha value is -0.0800. The Bertz CT molecular complexity index is 102. The van der Waals surface area contributed by atoms with Crippen LogP contribution in [0.2, 0.25) is 0 Å². The van der Waals surface area contributed by atoms with Crippen molar-refractivity contribution in [1.29, 1.82) is 0 Å². The zero-order chi connectivity index (χ0) is 9.56.